The molecule has 29 heavy (non-hydrogen) atoms. The van der Waals surface area contributed by atoms with Gasteiger partial charge in [-0.2, -0.15) is 5.26 Å². The monoisotopic (exact) mass is 399 g/mol. The molecule has 2 heterocycles. The summed E-state index contributed by atoms with van der Waals surface area (Å²) in [6.45, 7) is 1.26. The predicted octanol–water partition coefficient (Wildman–Crippen LogP) is 4.90. The maximum Gasteiger partial charge on any atom is 0.146 e. The van der Waals surface area contributed by atoms with Crippen LogP contribution in [0, 0.1) is 11.3 Å². The third-order valence-electron chi connectivity index (χ3n) is 4.54. The number of nitriles is 1. The SMILES string of the molecule is CN(C)Cc1nc(NCc2cccc(C#N)c2)c2c(-c3ccccc3)csc2n1. The maximum atomic E-state index is 9.15. The van der Waals surface area contributed by atoms with Gasteiger partial charge in [0.2, 0.25) is 0 Å². The molecule has 0 aliphatic heterocycles. The summed E-state index contributed by atoms with van der Waals surface area (Å²) in [6.07, 6.45) is 0. The highest BCUT2D eigenvalue weighted by molar-refractivity contribution is 7.17. The van der Waals surface area contributed by atoms with E-state index in [1.165, 1.54) is 0 Å². The number of fused-ring (bicyclic) bond motifs is 1. The van der Waals surface area contributed by atoms with Gasteiger partial charge in [0.1, 0.15) is 16.5 Å². The largest absolute Gasteiger partial charge is 0.365 e. The van der Waals surface area contributed by atoms with Crippen molar-refractivity contribution in [1.82, 2.24) is 14.9 Å². The molecule has 2 aromatic carbocycles. The first-order valence-electron chi connectivity index (χ1n) is 9.35. The summed E-state index contributed by atoms with van der Waals surface area (Å²) in [5, 5.41) is 15.8. The van der Waals surface area contributed by atoms with E-state index < -0.39 is 0 Å². The van der Waals surface area contributed by atoms with Crippen LogP contribution in [0.2, 0.25) is 0 Å². The second-order valence-corrected chi connectivity index (χ2v) is 7.95. The van der Waals surface area contributed by atoms with Crippen molar-refractivity contribution in [1.29, 1.82) is 5.26 Å². The average molecular weight is 400 g/mol. The number of nitrogens with one attached hydrogen (secondary N) is 1. The van der Waals surface area contributed by atoms with Crippen LogP contribution in [-0.4, -0.2) is 29.0 Å². The van der Waals surface area contributed by atoms with E-state index in [-0.39, 0.29) is 0 Å². The van der Waals surface area contributed by atoms with E-state index in [4.69, 9.17) is 15.2 Å². The summed E-state index contributed by atoms with van der Waals surface area (Å²) in [7, 11) is 4.02. The molecule has 0 amide bonds. The van der Waals surface area contributed by atoms with Crippen LogP contribution in [0.1, 0.15) is 17.0 Å². The number of thiophene rings is 1. The van der Waals surface area contributed by atoms with Crippen molar-refractivity contribution in [2.75, 3.05) is 19.4 Å². The number of hydrogen-bond acceptors (Lipinski definition) is 6. The zero-order valence-corrected chi connectivity index (χ0v) is 17.2. The molecule has 0 atom stereocenters. The van der Waals surface area contributed by atoms with Gasteiger partial charge in [0.05, 0.1) is 23.6 Å². The van der Waals surface area contributed by atoms with Crippen molar-refractivity contribution in [2.45, 2.75) is 13.1 Å². The normalized spacial score (nSPS) is 11.0. The lowest BCUT2D eigenvalue weighted by molar-refractivity contribution is 0.391. The fourth-order valence-corrected chi connectivity index (χ4v) is 4.20. The van der Waals surface area contributed by atoms with Gasteiger partial charge in [-0.3, -0.25) is 0 Å². The molecule has 5 nitrogen and oxygen atoms in total. The van der Waals surface area contributed by atoms with Crippen LogP contribution in [0.15, 0.2) is 60.0 Å². The van der Waals surface area contributed by atoms with E-state index in [1.807, 2.05) is 56.6 Å². The van der Waals surface area contributed by atoms with Crippen LogP contribution in [-0.2, 0) is 13.1 Å². The van der Waals surface area contributed by atoms with E-state index in [0.29, 0.717) is 18.7 Å². The number of hydrogen-bond donors (Lipinski definition) is 1. The lowest BCUT2D eigenvalue weighted by atomic mass is 10.1. The Labute approximate surface area is 174 Å². The fourth-order valence-electron chi connectivity index (χ4n) is 3.23. The number of anilines is 1. The Morgan fingerprint density at radius 2 is 1.90 bits per heavy atom. The second kappa shape index (κ2) is 8.39. The third kappa shape index (κ3) is 4.27. The number of benzene rings is 2. The van der Waals surface area contributed by atoms with Gasteiger partial charge in [0.15, 0.2) is 0 Å². The van der Waals surface area contributed by atoms with Crippen molar-refractivity contribution in [3.05, 3.63) is 76.9 Å². The maximum absolute atomic E-state index is 9.15. The van der Waals surface area contributed by atoms with Gasteiger partial charge < -0.3 is 10.2 Å². The molecule has 144 valence electrons. The molecular formula is C23H21N5S. The molecule has 0 aliphatic carbocycles. The standard InChI is InChI=1S/C23H21N5S/c1-28(2)14-20-26-22(25-13-17-8-6-7-16(11-17)12-24)21-19(15-29-23(21)27-20)18-9-4-3-5-10-18/h3-11,15H,13-14H2,1-2H3,(H,25,26,27). The molecule has 0 saturated heterocycles. The van der Waals surface area contributed by atoms with Crippen molar-refractivity contribution >= 4 is 27.4 Å². The minimum atomic E-state index is 0.590. The zero-order valence-electron chi connectivity index (χ0n) is 16.4. The highest BCUT2D eigenvalue weighted by Gasteiger charge is 2.15. The highest BCUT2D eigenvalue weighted by Crippen LogP contribution is 2.37. The van der Waals surface area contributed by atoms with Gasteiger partial charge in [0.25, 0.3) is 0 Å². The van der Waals surface area contributed by atoms with Crippen LogP contribution < -0.4 is 5.32 Å². The van der Waals surface area contributed by atoms with E-state index in [2.05, 4.69) is 33.8 Å². The van der Waals surface area contributed by atoms with Gasteiger partial charge in [-0.05, 0) is 37.4 Å². The lowest BCUT2D eigenvalue weighted by Gasteiger charge is -2.13. The average Bonchev–Trinajstić information content (AvgIpc) is 3.16. The van der Waals surface area contributed by atoms with E-state index >= 15 is 0 Å². The van der Waals surface area contributed by atoms with Gasteiger partial charge in [-0.15, -0.1) is 11.3 Å². The molecule has 0 radical (unpaired) electrons. The summed E-state index contributed by atoms with van der Waals surface area (Å²) in [5.74, 6) is 1.62. The van der Waals surface area contributed by atoms with Crippen molar-refractivity contribution in [3.8, 4) is 17.2 Å². The van der Waals surface area contributed by atoms with Crippen molar-refractivity contribution in [2.24, 2.45) is 0 Å². The molecule has 0 unspecified atom stereocenters. The first-order chi connectivity index (χ1) is 14.1. The molecule has 4 aromatic rings. The summed E-state index contributed by atoms with van der Waals surface area (Å²) in [5.41, 5.74) is 3.99. The Morgan fingerprint density at radius 3 is 2.66 bits per heavy atom. The van der Waals surface area contributed by atoms with Crippen molar-refractivity contribution < 1.29 is 0 Å². The van der Waals surface area contributed by atoms with Crippen LogP contribution in [0.25, 0.3) is 21.3 Å². The molecule has 4 rings (SSSR count). The number of aromatic nitrogens is 2. The smallest absolute Gasteiger partial charge is 0.146 e. The van der Waals surface area contributed by atoms with Gasteiger partial charge in [0, 0.05) is 17.5 Å². The molecule has 6 heteroatoms. The quantitative estimate of drug-likeness (QED) is 0.499. The van der Waals surface area contributed by atoms with E-state index in [0.717, 1.165) is 38.5 Å². The summed E-state index contributed by atoms with van der Waals surface area (Å²) >= 11 is 1.64. The van der Waals surface area contributed by atoms with Crippen LogP contribution in [0.5, 0.6) is 0 Å². The Bertz CT molecular complexity index is 1180. The minimum absolute atomic E-state index is 0.590. The number of nitrogens with zero attached hydrogens (tertiary/aromatic N) is 4. The molecule has 0 spiro atoms. The summed E-state index contributed by atoms with van der Waals surface area (Å²) in [6, 6.07) is 20.1. The molecule has 0 fully saturated rings. The van der Waals surface area contributed by atoms with Gasteiger partial charge >= 0.3 is 0 Å². The molecule has 2 aromatic heterocycles. The molecule has 1 N–H and O–H groups in total. The highest BCUT2D eigenvalue weighted by atomic mass is 32.1. The van der Waals surface area contributed by atoms with E-state index in [9.17, 15) is 0 Å². The van der Waals surface area contributed by atoms with Crippen LogP contribution in [0.4, 0.5) is 5.82 Å². The van der Waals surface area contributed by atoms with E-state index in [1.54, 1.807) is 11.3 Å². The topological polar surface area (TPSA) is 64.8 Å². The molecule has 0 aliphatic rings. The Morgan fingerprint density at radius 1 is 1.07 bits per heavy atom. The van der Waals surface area contributed by atoms with Crippen LogP contribution >= 0.6 is 11.3 Å². The van der Waals surface area contributed by atoms with Gasteiger partial charge in [-0.1, -0.05) is 42.5 Å². The van der Waals surface area contributed by atoms with Gasteiger partial charge in [-0.25, -0.2) is 9.97 Å². The molecular weight excluding hydrogens is 378 g/mol. The first kappa shape index (κ1) is 19.1. The van der Waals surface area contributed by atoms with Crippen LogP contribution in [0.3, 0.4) is 0 Å². The van der Waals surface area contributed by atoms with Crippen molar-refractivity contribution in [3.63, 3.8) is 0 Å². The zero-order chi connectivity index (χ0) is 20.2. The summed E-state index contributed by atoms with van der Waals surface area (Å²) in [4.78, 5) is 12.7. The fraction of sp³-hybridized carbons (Fsp3) is 0.174. The third-order valence-corrected chi connectivity index (χ3v) is 5.41. The molecule has 0 bridgehead atoms. The first-order valence-corrected chi connectivity index (χ1v) is 10.2. The molecule has 0 saturated carbocycles. The minimum Gasteiger partial charge on any atom is -0.365 e. The predicted molar refractivity (Wildman–Crippen MR) is 119 cm³/mol. The Kier molecular flexibility index (Phi) is 5.52. The summed E-state index contributed by atoms with van der Waals surface area (Å²) < 4.78 is 0. The lowest BCUT2D eigenvalue weighted by Crippen LogP contribution is -2.14. The second-order valence-electron chi connectivity index (χ2n) is 7.09. The Hall–Kier alpha value is -3.27. The number of rotatable bonds is 6. The Balaban J connectivity index is 1.76.